The van der Waals surface area contributed by atoms with Crippen LogP contribution in [0.4, 0.5) is 0 Å². The Morgan fingerprint density at radius 2 is 2.29 bits per heavy atom. The first-order valence-electron chi connectivity index (χ1n) is 3.72. The SMILES string of the molecule is O=C([O-])C1=CCC2N1C(=O)CS2=O.[Na+]. The summed E-state index contributed by atoms with van der Waals surface area (Å²) < 4.78 is 11.2. The molecule has 14 heavy (non-hydrogen) atoms. The zero-order valence-corrected chi connectivity index (χ0v) is 10.4. The minimum absolute atomic E-state index is 0. The molecule has 2 unspecified atom stereocenters. The number of hydrogen-bond donors (Lipinski definition) is 0. The van der Waals surface area contributed by atoms with Gasteiger partial charge in [0.15, 0.2) is 0 Å². The zero-order valence-electron chi connectivity index (χ0n) is 7.56. The van der Waals surface area contributed by atoms with Crippen LogP contribution in [0.5, 0.6) is 0 Å². The molecule has 7 heteroatoms. The van der Waals surface area contributed by atoms with Crippen LogP contribution in [0.3, 0.4) is 0 Å². The minimum atomic E-state index is -1.38. The minimum Gasteiger partial charge on any atom is -0.543 e. The van der Waals surface area contributed by atoms with Crippen molar-refractivity contribution in [2.24, 2.45) is 0 Å². The van der Waals surface area contributed by atoms with Gasteiger partial charge in [-0.3, -0.25) is 13.9 Å². The molecule has 2 rings (SSSR count). The van der Waals surface area contributed by atoms with E-state index in [-0.39, 0.29) is 41.0 Å². The molecule has 1 amide bonds. The number of fused-ring (bicyclic) bond motifs is 1. The van der Waals surface area contributed by atoms with Crippen molar-refractivity contribution in [3.63, 3.8) is 0 Å². The number of carbonyl (C=O) groups excluding carboxylic acids is 2. The molecule has 2 heterocycles. The predicted molar refractivity (Wildman–Crippen MR) is 41.4 cm³/mol. The van der Waals surface area contributed by atoms with E-state index >= 15 is 0 Å². The maximum absolute atomic E-state index is 11.2. The predicted octanol–water partition coefficient (Wildman–Crippen LogP) is -5.06. The molecule has 0 aromatic heterocycles. The first-order valence-corrected chi connectivity index (χ1v) is 5.10. The van der Waals surface area contributed by atoms with Gasteiger partial charge in [0.2, 0.25) is 5.91 Å². The van der Waals surface area contributed by atoms with Crippen molar-refractivity contribution in [1.82, 2.24) is 4.90 Å². The summed E-state index contributed by atoms with van der Waals surface area (Å²) in [6.07, 6.45) is 1.73. The number of carboxylic acids is 1. The maximum Gasteiger partial charge on any atom is 1.00 e. The normalized spacial score (nSPS) is 29.6. The fraction of sp³-hybridized carbons (Fsp3) is 0.429. The second-order valence-corrected chi connectivity index (χ2v) is 4.45. The van der Waals surface area contributed by atoms with Gasteiger partial charge in [0.25, 0.3) is 0 Å². The van der Waals surface area contributed by atoms with Gasteiger partial charge in [-0.2, -0.15) is 0 Å². The van der Waals surface area contributed by atoms with Crippen LogP contribution in [0.1, 0.15) is 6.42 Å². The molecule has 0 radical (unpaired) electrons. The Balaban J connectivity index is 0.000000980. The molecule has 1 saturated heterocycles. The summed E-state index contributed by atoms with van der Waals surface area (Å²) in [4.78, 5) is 22.8. The van der Waals surface area contributed by atoms with Crippen molar-refractivity contribution >= 4 is 22.7 Å². The van der Waals surface area contributed by atoms with E-state index in [0.29, 0.717) is 6.42 Å². The van der Waals surface area contributed by atoms with Gasteiger partial charge in [-0.25, -0.2) is 0 Å². The van der Waals surface area contributed by atoms with Crippen molar-refractivity contribution in [2.45, 2.75) is 11.8 Å². The Kier molecular flexibility index (Phi) is 3.52. The standard InChI is InChI=1S/C7H7NO4S.Na/c9-5-3-13(12)6-2-1-4(7(10)11)8(5)6;/h1,6H,2-3H2,(H,10,11);/q;+1/p-1. The molecule has 0 bridgehead atoms. The molecule has 0 saturated carbocycles. The number of hydrogen-bond acceptors (Lipinski definition) is 4. The number of carbonyl (C=O) groups is 2. The number of nitrogens with zero attached hydrogens (tertiary/aromatic N) is 1. The molecule has 2 atom stereocenters. The first kappa shape index (κ1) is 11.9. The summed E-state index contributed by atoms with van der Waals surface area (Å²) in [6, 6.07) is 0. The molecule has 0 aromatic carbocycles. The van der Waals surface area contributed by atoms with Crippen LogP contribution in [0.15, 0.2) is 11.8 Å². The summed E-state index contributed by atoms with van der Waals surface area (Å²) in [5, 5.41) is 10.1. The van der Waals surface area contributed by atoms with Crippen molar-refractivity contribution in [1.29, 1.82) is 0 Å². The zero-order chi connectivity index (χ0) is 9.59. The van der Waals surface area contributed by atoms with Crippen LogP contribution in [-0.2, 0) is 20.4 Å². The van der Waals surface area contributed by atoms with Crippen LogP contribution in [0.2, 0.25) is 0 Å². The van der Waals surface area contributed by atoms with Crippen molar-refractivity contribution < 1.29 is 48.5 Å². The molecule has 2 aliphatic rings. The number of rotatable bonds is 1. The fourth-order valence-corrected chi connectivity index (χ4v) is 2.91. The van der Waals surface area contributed by atoms with Gasteiger partial charge in [-0.15, -0.1) is 0 Å². The fourth-order valence-electron chi connectivity index (χ4n) is 1.56. The Bertz CT molecular complexity index is 354. The average Bonchev–Trinajstić information content (AvgIpc) is 2.55. The third-order valence-corrected chi connectivity index (χ3v) is 3.65. The number of amides is 1. The molecule has 0 aromatic rings. The quantitative estimate of drug-likeness (QED) is 0.417. The Morgan fingerprint density at radius 1 is 1.64 bits per heavy atom. The molecule has 2 aliphatic heterocycles. The van der Waals surface area contributed by atoms with E-state index < -0.39 is 28.0 Å². The molecule has 5 nitrogen and oxygen atoms in total. The molecule has 0 aliphatic carbocycles. The third-order valence-electron chi connectivity index (χ3n) is 2.11. The third kappa shape index (κ3) is 1.67. The van der Waals surface area contributed by atoms with Gasteiger partial charge >= 0.3 is 29.6 Å². The largest absolute Gasteiger partial charge is 1.00 e. The number of aliphatic carboxylic acids is 1. The Hall–Kier alpha value is -0.170. The molecular formula is C7H6NNaO4S. The van der Waals surface area contributed by atoms with Crippen LogP contribution in [0, 0.1) is 0 Å². The van der Waals surface area contributed by atoms with E-state index in [1.165, 1.54) is 6.08 Å². The monoisotopic (exact) mass is 223 g/mol. The van der Waals surface area contributed by atoms with E-state index in [1.807, 2.05) is 0 Å². The van der Waals surface area contributed by atoms with E-state index in [4.69, 9.17) is 0 Å². The van der Waals surface area contributed by atoms with Gasteiger partial charge in [0.05, 0.1) is 22.5 Å². The van der Waals surface area contributed by atoms with E-state index in [1.54, 1.807) is 0 Å². The molecule has 1 fully saturated rings. The Labute approximate surface area is 105 Å². The van der Waals surface area contributed by atoms with Crippen molar-refractivity contribution in [3.05, 3.63) is 11.8 Å². The van der Waals surface area contributed by atoms with Crippen LogP contribution in [0.25, 0.3) is 0 Å². The maximum atomic E-state index is 11.2. The van der Waals surface area contributed by atoms with Crippen molar-refractivity contribution in [2.75, 3.05) is 5.75 Å². The van der Waals surface area contributed by atoms with E-state index in [2.05, 4.69) is 0 Å². The summed E-state index contributed by atoms with van der Waals surface area (Å²) in [5.74, 6) is -1.85. The van der Waals surface area contributed by atoms with Gasteiger partial charge in [-0.1, -0.05) is 6.08 Å². The smallest absolute Gasteiger partial charge is 0.543 e. The first-order chi connectivity index (χ1) is 6.11. The molecule has 0 spiro atoms. The molecular weight excluding hydrogens is 217 g/mol. The second-order valence-electron chi connectivity index (χ2n) is 2.86. The van der Waals surface area contributed by atoms with E-state index in [9.17, 15) is 18.9 Å². The summed E-state index contributed by atoms with van der Waals surface area (Å²) >= 11 is 0. The van der Waals surface area contributed by atoms with Crippen LogP contribution >= 0.6 is 0 Å². The van der Waals surface area contributed by atoms with E-state index in [0.717, 1.165) is 4.90 Å². The second kappa shape index (κ2) is 4.14. The number of carboxylic acid groups (broad SMARTS) is 1. The summed E-state index contributed by atoms with van der Waals surface area (Å²) in [7, 11) is -1.26. The van der Waals surface area contributed by atoms with Gasteiger partial charge in [0, 0.05) is 6.42 Å². The molecule has 70 valence electrons. The van der Waals surface area contributed by atoms with Gasteiger partial charge < -0.3 is 9.90 Å². The average molecular weight is 223 g/mol. The van der Waals surface area contributed by atoms with Gasteiger partial charge in [-0.05, 0) is 0 Å². The van der Waals surface area contributed by atoms with Gasteiger partial charge in [0.1, 0.15) is 11.1 Å². The van der Waals surface area contributed by atoms with Crippen LogP contribution in [-0.4, -0.2) is 32.1 Å². The van der Waals surface area contributed by atoms with Crippen LogP contribution < -0.4 is 34.7 Å². The van der Waals surface area contributed by atoms with Crippen molar-refractivity contribution in [3.8, 4) is 0 Å². The summed E-state index contributed by atoms with van der Waals surface area (Å²) in [6.45, 7) is 0. The Morgan fingerprint density at radius 3 is 2.86 bits per heavy atom. The topological polar surface area (TPSA) is 77.5 Å². The molecule has 0 N–H and O–H groups in total. The summed E-state index contributed by atoms with van der Waals surface area (Å²) in [5.41, 5.74) is -0.138.